The lowest BCUT2D eigenvalue weighted by Gasteiger charge is -2.17. The highest BCUT2D eigenvalue weighted by atomic mass is 35.5. The molecule has 0 atom stereocenters. The zero-order valence-corrected chi connectivity index (χ0v) is 13.5. The van der Waals surface area contributed by atoms with E-state index in [1.807, 2.05) is 7.05 Å². The van der Waals surface area contributed by atoms with Gasteiger partial charge in [0, 0.05) is 13.0 Å². The molecule has 0 unspecified atom stereocenters. The molecule has 0 aromatic heterocycles. The van der Waals surface area contributed by atoms with Crippen molar-refractivity contribution < 1.29 is 4.79 Å². The minimum Gasteiger partial charge on any atom is -0.356 e. The maximum Gasteiger partial charge on any atom is 0.220 e. The van der Waals surface area contributed by atoms with Gasteiger partial charge < -0.3 is 15.5 Å². The Kier molecular flexibility index (Phi) is 21.8. The van der Waals surface area contributed by atoms with E-state index in [-0.39, 0.29) is 30.7 Å². The van der Waals surface area contributed by atoms with Crippen LogP contribution in [-0.2, 0) is 4.79 Å². The van der Waals surface area contributed by atoms with E-state index in [1.165, 1.54) is 0 Å². The van der Waals surface area contributed by atoms with Crippen molar-refractivity contribution in [1.82, 2.24) is 15.5 Å². The van der Waals surface area contributed by atoms with Crippen molar-refractivity contribution in [3.63, 3.8) is 0 Å². The first-order chi connectivity index (χ1) is 7.74. The first-order valence-corrected chi connectivity index (χ1v) is 6.38. The van der Waals surface area contributed by atoms with E-state index in [1.54, 1.807) is 0 Å². The number of nitrogens with one attached hydrogen (secondary N) is 2. The van der Waals surface area contributed by atoms with E-state index < -0.39 is 0 Å². The van der Waals surface area contributed by atoms with Crippen LogP contribution in [0.5, 0.6) is 0 Å². The molecule has 0 rings (SSSR count). The van der Waals surface area contributed by atoms with Crippen LogP contribution in [0.1, 0.15) is 33.1 Å². The SMILES string of the molecule is CCN(CC)CCCNC(=O)CCCNC.Cl.Cl. The fourth-order valence-electron chi connectivity index (χ4n) is 1.58. The summed E-state index contributed by atoms with van der Waals surface area (Å²) < 4.78 is 0. The molecule has 4 nitrogen and oxygen atoms in total. The lowest BCUT2D eigenvalue weighted by molar-refractivity contribution is -0.121. The monoisotopic (exact) mass is 301 g/mol. The Morgan fingerprint density at radius 3 is 2.17 bits per heavy atom. The second-order valence-corrected chi connectivity index (χ2v) is 3.94. The van der Waals surface area contributed by atoms with Crippen LogP contribution in [-0.4, -0.2) is 50.6 Å². The Morgan fingerprint density at radius 1 is 1.06 bits per heavy atom. The Hall–Kier alpha value is -0.0300. The van der Waals surface area contributed by atoms with E-state index in [0.29, 0.717) is 6.42 Å². The molecular formula is C12H29Cl2N3O. The van der Waals surface area contributed by atoms with Gasteiger partial charge in [-0.3, -0.25) is 4.79 Å². The molecule has 0 aliphatic rings. The van der Waals surface area contributed by atoms with Crippen LogP contribution >= 0.6 is 24.8 Å². The van der Waals surface area contributed by atoms with E-state index in [9.17, 15) is 4.79 Å². The molecule has 0 aliphatic heterocycles. The largest absolute Gasteiger partial charge is 0.356 e. The first-order valence-electron chi connectivity index (χ1n) is 6.38. The minimum atomic E-state index is 0. The van der Waals surface area contributed by atoms with Gasteiger partial charge in [0.25, 0.3) is 0 Å². The van der Waals surface area contributed by atoms with Crippen LogP contribution in [0.15, 0.2) is 0 Å². The summed E-state index contributed by atoms with van der Waals surface area (Å²) in [5.41, 5.74) is 0. The van der Waals surface area contributed by atoms with Gasteiger partial charge in [-0.25, -0.2) is 0 Å². The van der Waals surface area contributed by atoms with Gasteiger partial charge in [-0.2, -0.15) is 0 Å². The van der Waals surface area contributed by atoms with Crippen molar-refractivity contribution in [2.75, 3.05) is 39.8 Å². The Labute approximate surface area is 124 Å². The van der Waals surface area contributed by atoms with Crippen LogP contribution in [0.2, 0.25) is 0 Å². The molecule has 0 saturated heterocycles. The second kappa shape index (κ2) is 17.0. The number of halogens is 2. The summed E-state index contributed by atoms with van der Waals surface area (Å²) in [5.74, 6) is 0.176. The molecule has 6 heteroatoms. The average Bonchev–Trinajstić information content (AvgIpc) is 2.30. The molecule has 0 aromatic rings. The number of nitrogens with zero attached hydrogens (tertiary/aromatic N) is 1. The summed E-state index contributed by atoms with van der Waals surface area (Å²) >= 11 is 0. The highest BCUT2D eigenvalue weighted by Gasteiger charge is 2.01. The van der Waals surface area contributed by atoms with Gasteiger partial charge in [-0.1, -0.05) is 13.8 Å². The van der Waals surface area contributed by atoms with Crippen LogP contribution in [0.4, 0.5) is 0 Å². The molecule has 0 aliphatic carbocycles. The number of amides is 1. The molecule has 112 valence electrons. The summed E-state index contributed by atoms with van der Waals surface area (Å²) in [5, 5.41) is 5.99. The van der Waals surface area contributed by atoms with E-state index in [2.05, 4.69) is 29.4 Å². The molecule has 0 aromatic carbocycles. The van der Waals surface area contributed by atoms with Gasteiger partial charge in [0.2, 0.25) is 5.91 Å². The number of rotatable bonds is 10. The van der Waals surface area contributed by atoms with Gasteiger partial charge in [-0.15, -0.1) is 24.8 Å². The lowest BCUT2D eigenvalue weighted by Crippen LogP contribution is -2.30. The van der Waals surface area contributed by atoms with Crippen LogP contribution in [0.3, 0.4) is 0 Å². The third-order valence-electron chi connectivity index (χ3n) is 2.70. The van der Waals surface area contributed by atoms with E-state index >= 15 is 0 Å². The fourth-order valence-corrected chi connectivity index (χ4v) is 1.58. The van der Waals surface area contributed by atoms with Crippen LogP contribution < -0.4 is 10.6 Å². The summed E-state index contributed by atoms with van der Waals surface area (Å²) in [7, 11) is 1.90. The zero-order chi connectivity index (χ0) is 12.2. The topological polar surface area (TPSA) is 44.4 Å². The van der Waals surface area contributed by atoms with Gasteiger partial charge in [0.1, 0.15) is 0 Å². The molecule has 0 heterocycles. The number of hydrogen-bond acceptors (Lipinski definition) is 3. The quantitative estimate of drug-likeness (QED) is 0.604. The van der Waals surface area contributed by atoms with Crippen molar-refractivity contribution in [2.45, 2.75) is 33.1 Å². The highest BCUT2D eigenvalue weighted by Crippen LogP contribution is 1.91. The molecule has 0 radical (unpaired) electrons. The lowest BCUT2D eigenvalue weighted by atomic mass is 10.3. The number of carbonyl (C=O) groups is 1. The Bertz CT molecular complexity index is 179. The third kappa shape index (κ3) is 14.0. The summed E-state index contributed by atoms with van der Waals surface area (Å²) in [6.07, 6.45) is 2.59. The highest BCUT2D eigenvalue weighted by molar-refractivity contribution is 5.85. The van der Waals surface area contributed by atoms with Crippen LogP contribution in [0, 0.1) is 0 Å². The van der Waals surface area contributed by atoms with Crippen molar-refractivity contribution in [3.05, 3.63) is 0 Å². The Morgan fingerprint density at radius 2 is 1.67 bits per heavy atom. The fraction of sp³-hybridized carbons (Fsp3) is 0.917. The summed E-state index contributed by atoms with van der Waals surface area (Å²) in [4.78, 5) is 13.7. The summed E-state index contributed by atoms with van der Waals surface area (Å²) in [6.45, 7) is 9.30. The van der Waals surface area contributed by atoms with Gasteiger partial charge in [0.05, 0.1) is 0 Å². The molecule has 0 fully saturated rings. The maximum atomic E-state index is 11.3. The van der Waals surface area contributed by atoms with Gasteiger partial charge in [0.15, 0.2) is 0 Å². The standard InChI is InChI=1S/C12H27N3O.2ClH/c1-4-15(5-2)11-7-10-14-12(16)8-6-9-13-3;;/h13H,4-11H2,1-3H3,(H,14,16);2*1H. The predicted octanol–water partition coefficient (Wildman–Crippen LogP) is 1.68. The summed E-state index contributed by atoms with van der Waals surface area (Å²) in [6, 6.07) is 0. The molecule has 0 bridgehead atoms. The Balaban J connectivity index is -0.00000112. The maximum absolute atomic E-state index is 11.3. The minimum absolute atomic E-state index is 0. The van der Waals surface area contributed by atoms with Gasteiger partial charge >= 0.3 is 0 Å². The molecule has 1 amide bonds. The smallest absolute Gasteiger partial charge is 0.220 e. The number of carbonyl (C=O) groups excluding carboxylic acids is 1. The van der Waals surface area contributed by atoms with Crippen molar-refractivity contribution in [2.24, 2.45) is 0 Å². The normalized spacial score (nSPS) is 9.56. The second-order valence-electron chi connectivity index (χ2n) is 3.94. The zero-order valence-electron chi connectivity index (χ0n) is 11.8. The van der Waals surface area contributed by atoms with Crippen molar-refractivity contribution in [3.8, 4) is 0 Å². The molecule has 0 spiro atoms. The first kappa shape index (κ1) is 23.1. The molecular weight excluding hydrogens is 273 g/mol. The number of hydrogen-bond donors (Lipinski definition) is 2. The predicted molar refractivity (Wildman–Crippen MR) is 83.1 cm³/mol. The average molecular weight is 302 g/mol. The molecule has 0 saturated carbocycles. The van der Waals surface area contributed by atoms with Crippen molar-refractivity contribution >= 4 is 30.7 Å². The molecule has 2 N–H and O–H groups in total. The van der Waals surface area contributed by atoms with Crippen molar-refractivity contribution in [1.29, 1.82) is 0 Å². The van der Waals surface area contributed by atoms with Gasteiger partial charge in [-0.05, 0) is 46.1 Å². The van der Waals surface area contributed by atoms with Crippen LogP contribution in [0.25, 0.3) is 0 Å². The molecule has 18 heavy (non-hydrogen) atoms. The third-order valence-corrected chi connectivity index (χ3v) is 2.70. The van der Waals surface area contributed by atoms with E-state index in [4.69, 9.17) is 0 Å². The van der Waals surface area contributed by atoms with E-state index in [0.717, 1.165) is 45.6 Å².